The number of aryl methyl sites for hydroxylation is 1. The van der Waals surface area contributed by atoms with Crippen molar-refractivity contribution in [2.45, 2.75) is 39.5 Å². The number of rotatable bonds is 4. The molecule has 0 radical (unpaired) electrons. The highest BCUT2D eigenvalue weighted by atomic mass is 32.1. The molecule has 0 aliphatic heterocycles. The predicted octanol–water partition coefficient (Wildman–Crippen LogP) is 7.88. The van der Waals surface area contributed by atoms with Gasteiger partial charge in [0.1, 0.15) is 5.82 Å². The molecule has 3 heteroatoms. The Labute approximate surface area is 183 Å². The third-order valence-electron chi connectivity index (χ3n) is 5.95. The van der Waals surface area contributed by atoms with Gasteiger partial charge in [-0.1, -0.05) is 62.0 Å². The largest absolute Gasteiger partial charge is 0.206 e. The molecule has 154 valence electrons. The van der Waals surface area contributed by atoms with Crippen LogP contribution in [0.1, 0.15) is 43.0 Å². The summed E-state index contributed by atoms with van der Waals surface area (Å²) >= 11 is 1.56. The molecule has 0 amide bonds. The van der Waals surface area contributed by atoms with E-state index < -0.39 is 0 Å². The van der Waals surface area contributed by atoms with E-state index in [0.29, 0.717) is 17.4 Å². The second-order valence-electron chi connectivity index (χ2n) is 8.52. The SMILES string of the molecule is C=C1CCC(Cc2ccc(-c3cc(C)ns3)cc2)CC(C)/C=C\1c1ccccc1F. The van der Waals surface area contributed by atoms with Gasteiger partial charge in [0.2, 0.25) is 0 Å². The maximum atomic E-state index is 14.3. The van der Waals surface area contributed by atoms with Crippen molar-refractivity contribution in [2.24, 2.45) is 11.8 Å². The minimum absolute atomic E-state index is 0.162. The van der Waals surface area contributed by atoms with Crippen molar-refractivity contribution >= 4 is 17.1 Å². The Balaban J connectivity index is 1.47. The third-order valence-corrected chi connectivity index (χ3v) is 6.88. The molecule has 0 N–H and O–H groups in total. The summed E-state index contributed by atoms with van der Waals surface area (Å²) in [6, 6.07) is 18.1. The van der Waals surface area contributed by atoms with Gasteiger partial charge >= 0.3 is 0 Å². The highest BCUT2D eigenvalue weighted by Crippen LogP contribution is 2.36. The van der Waals surface area contributed by atoms with E-state index in [9.17, 15) is 4.39 Å². The van der Waals surface area contributed by atoms with Gasteiger partial charge in [-0.3, -0.25) is 0 Å². The van der Waals surface area contributed by atoms with Crippen LogP contribution in [-0.2, 0) is 6.42 Å². The van der Waals surface area contributed by atoms with Crippen molar-refractivity contribution < 1.29 is 4.39 Å². The van der Waals surface area contributed by atoms with Gasteiger partial charge in [-0.25, -0.2) is 4.39 Å². The van der Waals surface area contributed by atoms with E-state index in [1.165, 1.54) is 22.1 Å². The normalized spacial score (nSPS) is 21.6. The minimum atomic E-state index is -0.162. The van der Waals surface area contributed by atoms with Crippen molar-refractivity contribution in [1.82, 2.24) is 4.37 Å². The summed E-state index contributed by atoms with van der Waals surface area (Å²) in [6.45, 7) is 8.57. The van der Waals surface area contributed by atoms with Gasteiger partial charge in [0, 0.05) is 5.56 Å². The molecule has 0 saturated carbocycles. The van der Waals surface area contributed by atoms with E-state index >= 15 is 0 Å². The molecule has 30 heavy (non-hydrogen) atoms. The fraction of sp³-hybridized carbons (Fsp3) is 0.296. The molecule has 2 aromatic carbocycles. The quantitative estimate of drug-likeness (QED) is 0.421. The number of allylic oxidation sites excluding steroid dienone is 3. The van der Waals surface area contributed by atoms with Gasteiger partial charge in [0.05, 0.1) is 10.6 Å². The number of aromatic nitrogens is 1. The van der Waals surface area contributed by atoms with Crippen LogP contribution in [0.4, 0.5) is 4.39 Å². The molecular formula is C27H28FNS. The average molecular weight is 418 g/mol. The highest BCUT2D eigenvalue weighted by molar-refractivity contribution is 7.09. The molecule has 3 aromatic rings. The molecule has 0 spiro atoms. The molecule has 4 rings (SSSR count). The molecule has 2 unspecified atom stereocenters. The summed E-state index contributed by atoms with van der Waals surface area (Å²) in [5.41, 5.74) is 6.41. The predicted molar refractivity (Wildman–Crippen MR) is 126 cm³/mol. The zero-order valence-corrected chi connectivity index (χ0v) is 18.5. The van der Waals surface area contributed by atoms with Gasteiger partial charge in [-0.15, -0.1) is 0 Å². The molecule has 1 aromatic heterocycles. The van der Waals surface area contributed by atoms with Crippen LogP contribution in [0.3, 0.4) is 0 Å². The lowest BCUT2D eigenvalue weighted by atomic mass is 9.80. The Hall–Kier alpha value is -2.52. The van der Waals surface area contributed by atoms with Crippen LogP contribution in [0.5, 0.6) is 0 Å². The zero-order chi connectivity index (χ0) is 21.1. The second-order valence-corrected chi connectivity index (χ2v) is 9.32. The van der Waals surface area contributed by atoms with E-state index in [4.69, 9.17) is 0 Å². The summed E-state index contributed by atoms with van der Waals surface area (Å²) in [5, 5.41) is 0. The first-order valence-corrected chi connectivity index (χ1v) is 11.4. The lowest BCUT2D eigenvalue weighted by Gasteiger charge is -2.25. The van der Waals surface area contributed by atoms with Gasteiger partial charge in [-0.05, 0) is 90.4 Å². The molecule has 0 saturated heterocycles. The highest BCUT2D eigenvalue weighted by Gasteiger charge is 2.20. The number of hydrogen-bond donors (Lipinski definition) is 0. The lowest BCUT2D eigenvalue weighted by molar-refractivity contribution is 0.400. The smallest absolute Gasteiger partial charge is 0.131 e. The number of halogens is 1. The Bertz CT molecular complexity index is 1060. The van der Waals surface area contributed by atoms with Crippen LogP contribution >= 0.6 is 11.5 Å². The summed E-state index contributed by atoms with van der Waals surface area (Å²) in [5.74, 6) is 0.832. The van der Waals surface area contributed by atoms with Crippen molar-refractivity contribution in [3.63, 3.8) is 0 Å². The molecule has 1 nitrogen and oxygen atoms in total. The average Bonchev–Trinajstić information content (AvgIpc) is 3.16. The number of nitrogens with zero attached hydrogens (tertiary/aromatic N) is 1. The minimum Gasteiger partial charge on any atom is -0.206 e. The first-order chi connectivity index (χ1) is 14.5. The van der Waals surface area contributed by atoms with Gasteiger partial charge < -0.3 is 0 Å². The van der Waals surface area contributed by atoms with Crippen molar-refractivity contribution in [2.75, 3.05) is 0 Å². The van der Waals surface area contributed by atoms with Crippen molar-refractivity contribution in [3.8, 4) is 10.4 Å². The molecule has 2 atom stereocenters. The molecule has 1 aliphatic carbocycles. The first-order valence-electron chi connectivity index (χ1n) is 10.7. The summed E-state index contributed by atoms with van der Waals surface area (Å²) in [7, 11) is 0. The fourth-order valence-electron chi connectivity index (χ4n) is 4.41. The van der Waals surface area contributed by atoms with E-state index in [2.05, 4.69) is 54.3 Å². The first kappa shape index (κ1) is 20.7. The van der Waals surface area contributed by atoms with Crippen LogP contribution in [0.2, 0.25) is 0 Å². The van der Waals surface area contributed by atoms with E-state index in [0.717, 1.165) is 42.5 Å². The van der Waals surface area contributed by atoms with Gasteiger partial charge in [-0.2, -0.15) is 4.37 Å². The summed E-state index contributed by atoms with van der Waals surface area (Å²) in [6.07, 6.45) is 6.41. The summed E-state index contributed by atoms with van der Waals surface area (Å²) in [4.78, 5) is 1.22. The van der Waals surface area contributed by atoms with Crippen LogP contribution in [-0.4, -0.2) is 4.37 Å². The maximum Gasteiger partial charge on any atom is 0.131 e. The van der Waals surface area contributed by atoms with Crippen LogP contribution in [0, 0.1) is 24.6 Å². The van der Waals surface area contributed by atoms with Crippen LogP contribution < -0.4 is 0 Å². The third kappa shape index (κ3) is 4.79. The second kappa shape index (κ2) is 9.09. The van der Waals surface area contributed by atoms with Crippen molar-refractivity contribution in [1.29, 1.82) is 0 Å². The van der Waals surface area contributed by atoms with Crippen LogP contribution in [0.15, 0.2) is 72.8 Å². The van der Waals surface area contributed by atoms with Crippen molar-refractivity contribution in [3.05, 3.63) is 95.5 Å². The molecule has 0 bridgehead atoms. The molecule has 1 aliphatic rings. The maximum absolute atomic E-state index is 14.3. The van der Waals surface area contributed by atoms with E-state index in [-0.39, 0.29) is 5.82 Å². The zero-order valence-electron chi connectivity index (χ0n) is 17.7. The Morgan fingerprint density at radius 3 is 2.60 bits per heavy atom. The van der Waals surface area contributed by atoms with Gasteiger partial charge in [0.25, 0.3) is 0 Å². The molecule has 0 fully saturated rings. The van der Waals surface area contributed by atoms with Gasteiger partial charge in [0.15, 0.2) is 0 Å². The monoisotopic (exact) mass is 417 g/mol. The Kier molecular flexibility index (Phi) is 6.29. The fourth-order valence-corrected chi connectivity index (χ4v) is 5.17. The Morgan fingerprint density at radius 2 is 1.90 bits per heavy atom. The Morgan fingerprint density at radius 1 is 1.13 bits per heavy atom. The van der Waals surface area contributed by atoms with E-state index in [1.54, 1.807) is 17.6 Å². The van der Waals surface area contributed by atoms with Crippen LogP contribution in [0.25, 0.3) is 16.0 Å². The summed E-state index contributed by atoms with van der Waals surface area (Å²) < 4.78 is 18.7. The lowest BCUT2D eigenvalue weighted by Crippen LogP contribution is -2.12. The topological polar surface area (TPSA) is 12.9 Å². The standard InChI is InChI=1S/C27H28FNS/c1-18-14-22(9-8-19(2)25(15-18)24-6-4-5-7-26(24)28)17-21-10-12-23(13-11-21)27-16-20(3)29-30-27/h4-7,10-13,15-16,18,22H,2,8-9,14,17H2,1,3H3/b25-15+. The molecule has 1 heterocycles. The number of hydrogen-bond acceptors (Lipinski definition) is 2. The molecular weight excluding hydrogens is 389 g/mol. The number of benzene rings is 2. The van der Waals surface area contributed by atoms with E-state index in [1.807, 2.05) is 19.1 Å².